The first-order chi connectivity index (χ1) is 13.4. The van der Waals surface area contributed by atoms with Crippen LogP contribution in [-0.4, -0.2) is 16.4 Å². The number of benzene rings is 1. The standard InChI is InChI=1S/C21H19BrF3N3O/c1-19(2)9-15-16(18(29)28-19)20(3,11-5-4-6-13(22)7-11)14-8-12(21(23,24)25)10-26-17(14)27-15/h4-8,10H,9H2,1-3H3,(H,26,27)(H,28,29). The maximum absolute atomic E-state index is 13.4. The highest BCUT2D eigenvalue weighted by Crippen LogP contribution is 2.50. The number of aromatic nitrogens is 1. The number of pyridine rings is 1. The highest BCUT2D eigenvalue weighted by atomic mass is 79.9. The normalized spacial score (nSPS) is 23.1. The zero-order valence-corrected chi connectivity index (χ0v) is 17.6. The van der Waals surface area contributed by atoms with Crippen LogP contribution in [0.15, 0.2) is 52.3 Å². The zero-order valence-electron chi connectivity index (χ0n) is 16.0. The molecule has 1 unspecified atom stereocenters. The van der Waals surface area contributed by atoms with Gasteiger partial charge in [0, 0.05) is 33.9 Å². The van der Waals surface area contributed by atoms with Crippen LogP contribution in [0.1, 0.15) is 43.9 Å². The summed E-state index contributed by atoms with van der Waals surface area (Å²) < 4.78 is 41.1. The lowest BCUT2D eigenvalue weighted by atomic mass is 9.66. The van der Waals surface area contributed by atoms with Crippen LogP contribution < -0.4 is 10.6 Å². The lowest BCUT2D eigenvalue weighted by Crippen LogP contribution is -2.54. The first kappa shape index (κ1) is 19.9. The number of carbonyl (C=O) groups is 1. The van der Waals surface area contributed by atoms with Crippen molar-refractivity contribution in [1.82, 2.24) is 10.3 Å². The van der Waals surface area contributed by atoms with Crippen LogP contribution in [0.5, 0.6) is 0 Å². The van der Waals surface area contributed by atoms with Gasteiger partial charge in [-0.05, 0) is 44.5 Å². The monoisotopic (exact) mass is 465 g/mol. The molecule has 1 aromatic carbocycles. The molecule has 29 heavy (non-hydrogen) atoms. The topological polar surface area (TPSA) is 54.0 Å². The summed E-state index contributed by atoms with van der Waals surface area (Å²) in [5.41, 5.74) is -0.305. The van der Waals surface area contributed by atoms with Crippen LogP contribution in [0.3, 0.4) is 0 Å². The number of hydrogen-bond donors (Lipinski definition) is 2. The molecule has 1 amide bonds. The second-order valence-corrected chi connectivity index (χ2v) is 9.16. The Morgan fingerprint density at radius 3 is 2.55 bits per heavy atom. The SMILES string of the molecule is CC1(C)CC2=C(C(=O)N1)C(C)(c1cccc(Br)c1)c1cc(C(F)(F)F)cnc1N2. The minimum absolute atomic E-state index is 0.297. The fourth-order valence-electron chi connectivity index (χ4n) is 4.19. The molecule has 2 aliphatic heterocycles. The van der Waals surface area contributed by atoms with Gasteiger partial charge in [0.15, 0.2) is 0 Å². The first-order valence-electron chi connectivity index (χ1n) is 9.09. The van der Waals surface area contributed by atoms with Crippen molar-refractivity contribution in [1.29, 1.82) is 0 Å². The van der Waals surface area contributed by atoms with E-state index >= 15 is 0 Å². The summed E-state index contributed by atoms with van der Waals surface area (Å²) in [4.78, 5) is 17.2. The van der Waals surface area contributed by atoms with Crippen LogP contribution in [0, 0.1) is 0 Å². The molecule has 0 aliphatic carbocycles. The molecule has 4 rings (SSSR count). The van der Waals surface area contributed by atoms with E-state index in [-0.39, 0.29) is 5.91 Å². The Hall–Kier alpha value is -2.35. The van der Waals surface area contributed by atoms with Gasteiger partial charge < -0.3 is 10.6 Å². The molecule has 2 aromatic rings. The molecule has 8 heteroatoms. The van der Waals surface area contributed by atoms with E-state index in [0.717, 1.165) is 16.7 Å². The van der Waals surface area contributed by atoms with Crippen molar-refractivity contribution in [3.63, 3.8) is 0 Å². The van der Waals surface area contributed by atoms with E-state index in [4.69, 9.17) is 0 Å². The molecule has 0 bridgehead atoms. The summed E-state index contributed by atoms with van der Waals surface area (Å²) in [5.74, 6) is 0.0408. The number of carbonyl (C=O) groups excluding carboxylic acids is 1. The number of nitrogens with zero attached hydrogens (tertiary/aromatic N) is 1. The molecule has 4 nitrogen and oxygen atoms in total. The molecule has 152 valence electrons. The van der Waals surface area contributed by atoms with E-state index in [1.54, 1.807) is 13.0 Å². The highest BCUT2D eigenvalue weighted by molar-refractivity contribution is 9.10. The molecular formula is C21H19BrF3N3O. The van der Waals surface area contributed by atoms with E-state index < -0.39 is 22.7 Å². The average molecular weight is 466 g/mol. The first-order valence-corrected chi connectivity index (χ1v) is 9.88. The molecule has 0 saturated carbocycles. The summed E-state index contributed by atoms with van der Waals surface area (Å²) in [6, 6.07) is 8.37. The molecule has 0 fully saturated rings. The van der Waals surface area contributed by atoms with Crippen molar-refractivity contribution in [2.24, 2.45) is 0 Å². The van der Waals surface area contributed by atoms with Crippen molar-refractivity contribution >= 4 is 27.7 Å². The minimum atomic E-state index is -4.54. The Balaban J connectivity index is 2.03. The molecule has 0 spiro atoms. The van der Waals surface area contributed by atoms with E-state index in [1.807, 2.05) is 32.0 Å². The van der Waals surface area contributed by atoms with Gasteiger partial charge in [-0.3, -0.25) is 4.79 Å². The minimum Gasteiger partial charge on any atom is -0.347 e. The van der Waals surface area contributed by atoms with Crippen LogP contribution in [0.25, 0.3) is 0 Å². The Morgan fingerprint density at radius 1 is 1.17 bits per heavy atom. The molecule has 0 saturated heterocycles. The van der Waals surface area contributed by atoms with Crippen molar-refractivity contribution in [3.8, 4) is 0 Å². The maximum Gasteiger partial charge on any atom is 0.417 e. The van der Waals surface area contributed by atoms with Gasteiger partial charge in [-0.25, -0.2) is 4.98 Å². The van der Waals surface area contributed by atoms with E-state index in [2.05, 4.69) is 31.5 Å². The molecule has 2 N–H and O–H groups in total. The Bertz CT molecular complexity index is 1060. The molecule has 0 radical (unpaired) electrons. The third-order valence-electron chi connectivity index (χ3n) is 5.52. The number of anilines is 1. The van der Waals surface area contributed by atoms with Gasteiger partial charge >= 0.3 is 6.18 Å². The van der Waals surface area contributed by atoms with Gasteiger partial charge in [0.25, 0.3) is 5.91 Å². The maximum atomic E-state index is 13.4. The number of fused-ring (bicyclic) bond motifs is 1. The fraction of sp³-hybridized carbons (Fsp3) is 0.333. The van der Waals surface area contributed by atoms with Crippen molar-refractivity contribution in [2.75, 3.05) is 5.32 Å². The number of alkyl halides is 3. The summed E-state index contributed by atoms with van der Waals surface area (Å²) in [7, 11) is 0. The van der Waals surface area contributed by atoms with Gasteiger partial charge in [0.05, 0.1) is 16.6 Å². The smallest absolute Gasteiger partial charge is 0.347 e. The number of hydrogen-bond acceptors (Lipinski definition) is 3. The average Bonchev–Trinajstić information content (AvgIpc) is 2.59. The quantitative estimate of drug-likeness (QED) is 0.612. The Labute approximate surface area is 174 Å². The second-order valence-electron chi connectivity index (χ2n) is 8.25. The van der Waals surface area contributed by atoms with Crippen molar-refractivity contribution in [2.45, 2.75) is 44.3 Å². The van der Waals surface area contributed by atoms with Crippen molar-refractivity contribution < 1.29 is 18.0 Å². The number of halogens is 4. The number of rotatable bonds is 1. The van der Waals surface area contributed by atoms with E-state index in [0.29, 0.717) is 34.6 Å². The Morgan fingerprint density at radius 2 is 1.90 bits per heavy atom. The van der Waals surface area contributed by atoms with Crippen LogP contribution in [0.4, 0.5) is 19.0 Å². The van der Waals surface area contributed by atoms with E-state index in [9.17, 15) is 18.0 Å². The summed E-state index contributed by atoms with van der Waals surface area (Å²) >= 11 is 3.43. The van der Waals surface area contributed by atoms with Gasteiger partial charge in [-0.2, -0.15) is 13.2 Å². The van der Waals surface area contributed by atoms with Crippen LogP contribution in [0.2, 0.25) is 0 Å². The zero-order chi connectivity index (χ0) is 21.2. The predicted molar refractivity (Wildman–Crippen MR) is 107 cm³/mol. The second kappa shape index (κ2) is 6.32. The van der Waals surface area contributed by atoms with Gasteiger partial charge in [0.2, 0.25) is 0 Å². The van der Waals surface area contributed by atoms with Gasteiger partial charge in [0.1, 0.15) is 5.82 Å². The summed E-state index contributed by atoms with van der Waals surface area (Å²) in [6.07, 6.45) is -3.20. The van der Waals surface area contributed by atoms with Crippen LogP contribution >= 0.6 is 15.9 Å². The molecule has 2 aliphatic rings. The van der Waals surface area contributed by atoms with Gasteiger partial charge in [-0.1, -0.05) is 28.1 Å². The summed E-state index contributed by atoms with van der Waals surface area (Å²) in [5, 5.41) is 6.11. The third-order valence-corrected chi connectivity index (χ3v) is 6.02. The highest BCUT2D eigenvalue weighted by Gasteiger charge is 2.49. The molecule has 1 aromatic heterocycles. The molecule has 1 atom stereocenters. The van der Waals surface area contributed by atoms with Crippen molar-refractivity contribution in [3.05, 3.63) is 69.0 Å². The largest absolute Gasteiger partial charge is 0.417 e. The predicted octanol–water partition coefficient (Wildman–Crippen LogP) is 5.15. The number of nitrogens with one attached hydrogen (secondary N) is 2. The molecular weight excluding hydrogens is 447 g/mol. The lowest BCUT2D eigenvalue weighted by molar-refractivity contribution is -0.137. The molecule has 3 heterocycles. The third kappa shape index (κ3) is 3.23. The summed E-state index contributed by atoms with van der Waals surface area (Å²) in [6.45, 7) is 5.59. The number of amides is 1. The van der Waals surface area contributed by atoms with E-state index in [1.165, 1.54) is 0 Å². The fourth-order valence-corrected chi connectivity index (χ4v) is 4.59. The van der Waals surface area contributed by atoms with Gasteiger partial charge in [-0.15, -0.1) is 0 Å². The Kier molecular flexibility index (Phi) is 4.35. The van der Waals surface area contributed by atoms with Crippen LogP contribution in [-0.2, 0) is 16.4 Å². The lowest BCUT2D eigenvalue weighted by Gasteiger charge is -2.45.